The van der Waals surface area contributed by atoms with Crippen LogP contribution in [0.4, 0.5) is 0 Å². The second-order valence-electron chi connectivity index (χ2n) is 9.36. The van der Waals surface area contributed by atoms with Gasteiger partial charge >= 0.3 is 0 Å². The van der Waals surface area contributed by atoms with Crippen molar-refractivity contribution in [3.05, 3.63) is 34.9 Å². The molecule has 0 aromatic heterocycles. The molecule has 24 heavy (non-hydrogen) atoms. The Bertz CT molecular complexity index is 696. The normalized spacial score (nSPS) is 21.3. The van der Waals surface area contributed by atoms with Crippen molar-refractivity contribution in [1.29, 1.82) is 0 Å². The highest BCUT2D eigenvalue weighted by Crippen LogP contribution is 2.44. The van der Waals surface area contributed by atoms with E-state index in [1.807, 2.05) is 0 Å². The standard InChI is InChI=1S/C22H30O2/c1-21(2,3)15-12-17-16-10-14(11-19(16)23)8-7-9-24-20(17)18(13-15)22(4,5)6/h10,12-14H,7-9,11H2,1-6H3. The van der Waals surface area contributed by atoms with Crippen molar-refractivity contribution in [3.63, 3.8) is 0 Å². The van der Waals surface area contributed by atoms with E-state index in [-0.39, 0.29) is 16.6 Å². The summed E-state index contributed by atoms with van der Waals surface area (Å²) in [5, 5.41) is 0. The van der Waals surface area contributed by atoms with Crippen molar-refractivity contribution >= 4 is 11.4 Å². The van der Waals surface area contributed by atoms with E-state index < -0.39 is 0 Å². The minimum absolute atomic E-state index is 0.0268. The molecule has 1 aliphatic carbocycles. The Morgan fingerprint density at radius 3 is 2.38 bits per heavy atom. The lowest BCUT2D eigenvalue weighted by molar-refractivity contribution is -0.113. The van der Waals surface area contributed by atoms with Crippen LogP contribution in [0.15, 0.2) is 18.2 Å². The van der Waals surface area contributed by atoms with Crippen LogP contribution >= 0.6 is 0 Å². The number of benzene rings is 1. The molecule has 0 N–H and O–H groups in total. The number of ether oxygens (including phenoxy) is 1. The zero-order valence-corrected chi connectivity index (χ0v) is 16.0. The van der Waals surface area contributed by atoms with Gasteiger partial charge in [-0.3, -0.25) is 4.79 Å². The Morgan fingerprint density at radius 2 is 1.75 bits per heavy atom. The van der Waals surface area contributed by atoms with Crippen LogP contribution in [0.2, 0.25) is 0 Å². The van der Waals surface area contributed by atoms with Gasteiger partial charge in [-0.05, 0) is 41.2 Å². The SMILES string of the molecule is CC(C)(C)c1cc2c(c(C(C)(C)C)c1)OCCCC1C=C2C(=O)C1. The topological polar surface area (TPSA) is 26.3 Å². The van der Waals surface area contributed by atoms with E-state index >= 15 is 0 Å². The van der Waals surface area contributed by atoms with Crippen molar-refractivity contribution in [1.82, 2.24) is 0 Å². The number of fused-ring (bicyclic) bond motifs is 3. The van der Waals surface area contributed by atoms with Gasteiger partial charge in [0.1, 0.15) is 5.75 Å². The van der Waals surface area contributed by atoms with Crippen LogP contribution in [0, 0.1) is 5.92 Å². The van der Waals surface area contributed by atoms with Crippen LogP contribution in [0.25, 0.3) is 5.57 Å². The van der Waals surface area contributed by atoms with Crippen molar-refractivity contribution in [2.45, 2.75) is 71.6 Å². The summed E-state index contributed by atoms with van der Waals surface area (Å²) < 4.78 is 6.24. The number of hydrogen-bond acceptors (Lipinski definition) is 2. The highest BCUT2D eigenvalue weighted by atomic mass is 16.5. The first kappa shape index (κ1) is 17.3. The van der Waals surface area contributed by atoms with E-state index in [2.05, 4.69) is 59.8 Å². The molecule has 2 nitrogen and oxygen atoms in total. The third-order valence-corrected chi connectivity index (χ3v) is 5.17. The minimum Gasteiger partial charge on any atom is -0.493 e. The summed E-state index contributed by atoms with van der Waals surface area (Å²) in [7, 11) is 0. The second-order valence-corrected chi connectivity index (χ2v) is 9.36. The van der Waals surface area contributed by atoms with Gasteiger partial charge in [0.15, 0.2) is 5.78 Å². The molecule has 2 bridgehead atoms. The Balaban J connectivity index is 2.29. The lowest BCUT2D eigenvalue weighted by atomic mass is 9.78. The highest BCUT2D eigenvalue weighted by molar-refractivity contribution is 6.23. The number of carbonyl (C=O) groups excluding carboxylic acids is 1. The van der Waals surface area contributed by atoms with Gasteiger partial charge in [-0.25, -0.2) is 0 Å². The smallest absolute Gasteiger partial charge is 0.163 e. The van der Waals surface area contributed by atoms with Crippen LogP contribution in [0.1, 0.15) is 77.5 Å². The van der Waals surface area contributed by atoms with Crippen LogP contribution < -0.4 is 4.74 Å². The van der Waals surface area contributed by atoms with Crippen molar-refractivity contribution in [3.8, 4) is 5.75 Å². The van der Waals surface area contributed by atoms with E-state index in [1.165, 1.54) is 11.1 Å². The van der Waals surface area contributed by atoms with E-state index in [0.29, 0.717) is 12.3 Å². The monoisotopic (exact) mass is 326 g/mol. The molecule has 0 saturated heterocycles. The van der Waals surface area contributed by atoms with Gasteiger partial charge in [-0.15, -0.1) is 0 Å². The average Bonchev–Trinajstić information content (AvgIpc) is 2.84. The fraction of sp³-hybridized carbons (Fsp3) is 0.591. The molecule has 1 unspecified atom stereocenters. The molecular weight excluding hydrogens is 296 g/mol. The number of carbonyl (C=O) groups is 1. The largest absolute Gasteiger partial charge is 0.493 e. The summed E-state index contributed by atoms with van der Waals surface area (Å²) in [6, 6.07) is 4.48. The van der Waals surface area contributed by atoms with Crippen molar-refractivity contribution in [2.75, 3.05) is 6.61 Å². The third-order valence-electron chi connectivity index (χ3n) is 5.17. The lowest BCUT2D eigenvalue weighted by Gasteiger charge is -2.29. The molecule has 3 rings (SSSR count). The van der Waals surface area contributed by atoms with Gasteiger partial charge in [-0.1, -0.05) is 53.7 Å². The predicted octanol–water partition coefficient (Wildman–Crippen LogP) is 5.43. The summed E-state index contributed by atoms with van der Waals surface area (Å²) in [5.74, 6) is 1.59. The Morgan fingerprint density at radius 1 is 1.04 bits per heavy atom. The average molecular weight is 326 g/mol. The summed E-state index contributed by atoms with van der Waals surface area (Å²) in [5.41, 5.74) is 4.39. The Kier molecular flexibility index (Phi) is 4.14. The lowest BCUT2D eigenvalue weighted by Crippen LogP contribution is -2.20. The molecule has 0 fully saturated rings. The first-order valence-corrected chi connectivity index (χ1v) is 9.14. The van der Waals surface area contributed by atoms with Crippen LogP contribution in [0.3, 0.4) is 0 Å². The summed E-state index contributed by atoms with van der Waals surface area (Å²) >= 11 is 0. The van der Waals surface area contributed by atoms with E-state index in [4.69, 9.17) is 4.74 Å². The maximum absolute atomic E-state index is 12.6. The predicted molar refractivity (Wildman–Crippen MR) is 99.7 cm³/mol. The summed E-state index contributed by atoms with van der Waals surface area (Å²) in [4.78, 5) is 12.6. The number of rotatable bonds is 0. The van der Waals surface area contributed by atoms with E-state index in [0.717, 1.165) is 36.3 Å². The van der Waals surface area contributed by atoms with Gasteiger partial charge in [-0.2, -0.15) is 0 Å². The first-order valence-electron chi connectivity index (χ1n) is 9.14. The first-order chi connectivity index (χ1) is 11.1. The fourth-order valence-corrected chi connectivity index (χ4v) is 3.66. The molecule has 0 radical (unpaired) electrons. The van der Waals surface area contributed by atoms with E-state index in [1.54, 1.807) is 0 Å². The maximum Gasteiger partial charge on any atom is 0.163 e. The molecule has 0 spiro atoms. The van der Waals surface area contributed by atoms with Crippen molar-refractivity contribution in [2.24, 2.45) is 5.92 Å². The Hall–Kier alpha value is -1.57. The molecule has 130 valence electrons. The van der Waals surface area contributed by atoms with Gasteiger partial charge in [0.05, 0.1) is 6.61 Å². The molecule has 1 heterocycles. The quantitative estimate of drug-likeness (QED) is 0.635. The van der Waals surface area contributed by atoms with Gasteiger partial charge in [0, 0.05) is 23.1 Å². The molecular formula is C22H30O2. The van der Waals surface area contributed by atoms with Gasteiger partial charge in [0.25, 0.3) is 0 Å². The fourth-order valence-electron chi connectivity index (χ4n) is 3.66. The molecule has 1 atom stereocenters. The highest BCUT2D eigenvalue weighted by Gasteiger charge is 2.32. The molecule has 0 amide bonds. The maximum atomic E-state index is 12.6. The molecule has 1 aliphatic heterocycles. The molecule has 1 aromatic rings. The minimum atomic E-state index is -0.0268. The molecule has 1 aromatic carbocycles. The number of allylic oxidation sites excluding steroid dienone is 2. The molecule has 2 heteroatoms. The number of Topliss-reactive ketones (excluding diaryl/α,β-unsaturated/α-hetero) is 1. The summed E-state index contributed by atoms with van der Waals surface area (Å²) in [6.07, 6.45) is 4.92. The van der Waals surface area contributed by atoms with Crippen LogP contribution in [-0.2, 0) is 15.6 Å². The van der Waals surface area contributed by atoms with Crippen LogP contribution in [0.5, 0.6) is 5.75 Å². The van der Waals surface area contributed by atoms with E-state index in [9.17, 15) is 4.79 Å². The molecule has 2 aliphatic rings. The van der Waals surface area contributed by atoms with Crippen LogP contribution in [-0.4, -0.2) is 12.4 Å². The second kappa shape index (κ2) is 5.75. The summed E-state index contributed by atoms with van der Waals surface area (Å²) in [6.45, 7) is 14.1. The number of ketones is 1. The van der Waals surface area contributed by atoms with Gasteiger partial charge in [0.2, 0.25) is 0 Å². The van der Waals surface area contributed by atoms with Gasteiger partial charge < -0.3 is 4.74 Å². The Labute approximate surface area is 146 Å². The zero-order chi connectivity index (χ0) is 17.7. The zero-order valence-electron chi connectivity index (χ0n) is 16.0. The van der Waals surface area contributed by atoms with Crippen molar-refractivity contribution < 1.29 is 9.53 Å². The molecule has 0 saturated carbocycles. The number of hydrogen-bond donors (Lipinski definition) is 0. The third kappa shape index (κ3) is 3.16.